The Bertz CT molecular complexity index is 1010. The molecule has 4 aromatic rings. The number of fused-ring (bicyclic) bond motifs is 1. The smallest absolute Gasteiger partial charge is 0.143 e. The summed E-state index contributed by atoms with van der Waals surface area (Å²) in [5.41, 5.74) is 3.46. The van der Waals surface area contributed by atoms with Crippen LogP contribution in [0, 0.1) is 0 Å². The predicted molar refractivity (Wildman–Crippen MR) is 99.7 cm³/mol. The van der Waals surface area contributed by atoms with Gasteiger partial charge in [-0.2, -0.15) is 0 Å². The van der Waals surface area contributed by atoms with Crippen molar-refractivity contribution in [3.05, 3.63) is 77.4 Å². The quantitative estimate of drug-likeness (QED) is 0.513. The van der Waals surface area contributed by atoms with E-state index in [-0.39, 0.29) is 5.75 Å². The molecule has 2 heterocycles. The molecule has 0 spiro atoms. The molecule has 4 nitrogen and oxygen atoms in total. The number of pyridine rings is 1. The zero-order valence-corrected chi connectivity index (χ0v) is 14.2. The van der Waals surface area contributed by atoms with Crippen LogP contribution in [0.3, 0.4) is 0 Å². The van der Waals surface area contributed by atoms with Gasteiger partial charge in [0.1, 0.15) is 22.9 Å². The fourth-order valence-corrected chi connectivity index (χ4v) is 2.90. The molecule has 5 heteroatoms. The van der Waals surface area contributed by atoms with Gasteiger partial charge in [-0.25, -0.2) is 4.98 Å². The first-order chi connectivity index (χ1) is 11.7. The van der Waals surface area contributed by atoms with Crippen LogP contribution in [0.1, 0.15) is 0 Å². The molecule has 0 aliphatic carbocycles. The average molecular weight is 380 g/mol. The van der Waals surface area contributed by atoms with E-state index >= 15 is 0 Å². The Morgan fingerprint density at radius 1 is 0.958 bits per heavy atom. The monoisotopic (exact) mass is 379 g/mol. The lowest BCUT2D eigenvalue weighted by Gasteiger charge is -2.09. The standard InChI is InChI=1S/C19H14BrN3O/c20-14-7-9-15(10-8-14)21-19-18(13-4-3-5-16(24)12-13)22-17-6-1-2-11-23(17)19/h1-12,21,24H. The predicted octanol–water partition coefficient (Wildman–Crippen LogP) is 5.21. The molecule has 118 valence electrons. The van der Waals surface area contributed by atoms with Gasteiger partial charge in [0.05, 0.1) is 0 Å². The number of hydrogen-bond acceptors (Lipinski definition) is 3. The first kappa shape index (κ1) is 14.8. The summed E-state index contributed by atoms with van der Waals surface area (Å²) in [5, 5.41) is 13.2. The molecule has 0 atom stereocenters. The SMILES string of the molecule is Oc1cccc(-c2nc3ccccn3c2Nc2ccc(Br)cc2)c1. The molecule has 24 heavy (non-hydrogen) atoms. The minimum Gasteiger partial charge on any atom is -0.508 e. The maximum atomic E-state index is 9.80. The summed E-state index contributed by atoms with van der Waals surface area (Å²) < 4.78 is 3.03. The molecule has 0 aliphatic heterocycles. The second-order valence-corrected chi connectivity index (χ2v) is 6.34. The van der Waals surface area contributed by atoms with Crippen LogP contribution in [0.15, 0.2) is 77.4 Å². The highest BCUT2D eigenvalue weighted by Crippen LogP contribution is 2.32. The van der Waals surface area contributed by atoms with Gasteiger partial charge in [0.2, 0.25) is 0 Å². The van der Waals surface area contributed by atoms with Gasteiger partial charge in [0.25, 0.3) is 0 Å². The molecule has 0 bridgehead atoms. The fourth-order valence-electron chi connectivity index (χ4n) is 2.64. The molecule has 0 fully saturated rings. The van der Waals surface area contributed by atoms with E-state index in [1.807, 2.05) is 65.2 Å². The van der Waals surface area contributed by atoms with Crippen LogP contribution in [0.4, 0.5) is 11.5 Å². The van der Waals surface area contributed by atoms with Crippen LogP contribution >= 0.6 is 15.9 Å². The van der Waals surface area contributed by atoms with E-state index < -0.39 is 0 Å². The number of aromatic nitrogens is 2. The van der Waals surface area contributed by atoms with Crippen LogP contribution in [0.5, 0.6) is 5.75 Å². The lowest BCUT2D eigenvalue weighted by molar-refractivity contribution is 0.475. The number of aromatic hydroxyl groups is 1. The van der Waals surface area contributed by atoms with E-state index in [1.54, 1.807) is 12.1 Å². The number of phenols is 1. The summed E-state index contributed by atoms with van der Waals surface area (Å²) in [6.45, 7) is 0. The Morgan fingerprint density at radius 2 is 1.79 bits per heavy atom. The average Bonchev–Trinajstić information content (AvgIpc) is 2.96. The molecule has 0 saturated heterocycles. The lowest BCUT2D eigenvalue weighted by Crippen LogP contribution is -1.96. The Hall–Kier alpha value is -2.79. The Labute approximate surface area is 147 Å². The third kappa shape index (κ3) is 2.74. The number of hydrogen-bond donors (Lipinski definition) is 2. The van der Waals surface area contributed by atoms with E-state index in [0.717, 1.165) is 32.9 Å². The highest BCUT2D eigenvalue weighted by Gasteiger charge is 2.14. The third-order valence-corrected chi connectivity index (χ3v) is 4.29. The number of imidazole rings is 1. The number of benzene rings is 2. The highest BCUT2D eigenvalue weighted by molar-refractivity contribution is 9.10. The third-order valence-electron chi connectivity index (χ3n) is 3.76. The van der Waals surface area contributed by atoms with Crippen molar-refractivity contribution in [1.29, 1.82) is 0 Å². The number of halogens is 1. The van der Waals surface area contributed by atoms with Gasteiger partial charge in [-0.1, -0.05) is 34.1 Å². The van der Waals surface area contributed by atoms with Crippen molar-refractivity contribution in [2.24, 2.45) is 0 Å². The van der Waals surface area contributed by atoms with Crippen molar-refractivity contribution >= 4 is 33.1 Å². The largest absolute Gasteiger partial charge is 0.508 e. The molecule has 2 N–H and O–H groups in total. The number of rotatable bonds is 3. The first-order valence-corrected chi connectivity index (χ1v) is 8.29. The van der Waals surface area contributed by atoms with Gasteiger partial charge < -0.3 is 10.4 Å². The summed E-state index contributed by atoms with van der Waals surface area (Å²) in [4.78, 5) is 4.72. The zero-order chi connectivity index (χ0) is 16.5. The van der Waals surface area contributed by atoms with Crippen LogP contribution in [0.25, 0.3) is 16.9 Å². The Kier molecular flexibility index (Phi) is 3.70. The van der Waals surface area contributed by atoms with Crippen LogP contribution in [-0.2, 0) is 0 Å². The van der Waals surface area contributed by atoms with E-state index in [4.69, 9.17) is 4.98 Å². The fraction of sp³-hybridized carbons (Fsp3) is 0. The molecule has 0 unspecified atom stereocenters. The number of phenolic OH excluding ortho intramolecular Hbond substituents is 1. The topological polar surface area (TPSA) is 49.6 Å². The normalized spacial score (nSPS) is 10.9. The maximum absolute atomic E-state index is 9.80. The van der Waals surface area contributed by atoms with Crippen molar-refractivity contribution in [3.63, 3.8) is 0 Å². The molecule has 0 radical (unpaired) electrons. The summed E-state index contributed by atoms with van der Waals surface area (Å²) in [7, 11) is 0. The van der Waals surface area contributed by atoms with Crippen molar-refractivity contribution in [1.82, 2.24) is 9.38 Å². The summed E-state index contributed by atoms with van der Waals surface area (Å²) in [6, 6.07) is 21.0. The van der Waals surface area contributed by atoms with Gasteiger partial charge in [0.15, 0.2) is 0 Å². The van der Waals surface area contributed by atoms with Gasteiger partial charge in [0, 0.05) is 21.9 Å². The second-order valence-electron chi connectivity index (χ2n) is 5.42. The van der Waals surface area contributed by atoms with Crippen LogP contribution in [-0.4, -0.2) is 14.5 Å². The lowest BCUT2D eigenvalue weighted by atomic mass is 10.1. The molecular weight excluding hydrogens is 366 g/mol. The van der Waals surface area contributed by atoms with E-state index in [2.05, 4.69) is 21.2 Å². The minimum absolute atomic E-state index is 0.221. The summed E-state index contributed by atoms with van der Waals surface area (Å²) in [6.07, 6.45) is 1.97. The van der Waals surface area contributed by atoms with Gasteiger partial charge in [-0.15, -0.1) is 0 Å². The van der Waals surface area contributed by atoms with Gasteiger partial charge in [-0.05, 0) is 48.5 Å². The number of anilines is 2. The molecule has 0 amide bonds. The van der Waals surface area contributed by atoms with Gasteiger partial charge >= 0.3 is 0 Å². The molecule has 4 rings (SSSR count). The zero-order valence-electron chi connectivity index (χ0n) is 12.6. The number of nitrogens with zero attached hydrogens (tertiary/aromatic N) is 2. The van der Waals surface area contributed by atoms with Crippen LogP contribution < -0.4 is 5.32 Å². The molecule has 2 aromatic heterocycles. The van der Waals surface area contributed by atoms with E-state index in [9.17, 15) is 5.11 Å². The van der Waals surface area contributed by atoms with Crippen LogP contribution in [0.2, 0.25) is 0 Å². The van der Waals surface area contributed by atoms with Crippen molar-refractivity contribution in [2.45, 2.75) is 0 Å². The second kappa shape index (κ2) is 6.02. The first-order valence-electron chi connectivity index (χ1n) is 7.50. The molecule has 2 aromatic carbocycles. The Morgan fingerprint density at radius 3 is 2.58 bits per heavy atom. The van der Waals surface area contributed by atoms with Crippen molar-refractivity contribution in [3.8, 4) is 17.0 Å². The minimum atomic E-state index is 0.221. The van der Waals surface area contributed by atoms with E-state index in [0.29, 0.717) is 0 Å². The van der Waals surface area contributed by atoms with Crippen molar-refractivity contribution < 1.29 is 5.11 Å². The maximum Gasteiger partial charge on any atom is 0.143 e. The molecule has 0 aliphatic rings. The van der Waals surface area contributed by atoms with Gasteiger partial charge in [-0.3, -0.25) is 4.40 Å². The summed E-state index contributed by atoms with van der Waals surface area (Å²) >= 11 is 3.45. The number of nitrogens with one attached hydrogen (secondary N) is 1. The summed E-state index contributed by atoms with van der Waals surface area (Å²) in [5.74, 6) is 1.08. The molecular formula is C19H14BrN3O. The van der Waals surface area contributed by atoms with E-state index in [1.165, 1.54) is 0 Å². The highest BCUT2D eigenvalue weighted by atomic mass is 79.9. The van der Waals surface area contributed by atoms with Crippen molar-refractivity contribution in [2.75, 3.05) is 5.32 Å². The molecule has 0 saturated carbocycles. The Balaban J connectivity index is 1.88.